The first-order chi connectivity index (χ1) is 14.7. The van der Waals surface area contributed by atoms with Crippen molar-refractivity contribution in [2.75, 3.05) is 19.8 Å². The highest BCUT2D eigenvalue weighted by molar-refractivity contribution is 7.10. The predicted molar refractivity (Wildman–Crippen MR) is 107 cm³/mol. The van der Waals surface area contributed by atoms with Crippen LogP contribution in [0.1, 0.15) is 35.0 Å². The fraction of sp³-hybridized carbons (Fsp3) is 0.550. The molecule has 1 aliphatic carbocycles. The molecule has 0 aromatic carbocycles. The van der Waals surface area contributed by atoms with Gasteiger partial charge in [-0.05, 0) is 42.2 Å². The predicted octanol–water partition coefficient (Wildman–Crippen LogP) is 3.21. The zero-order valence-electron chi connectivity index (χ0n) is 17.0. The monoisotopic (exact) mass is 459 g/mol. The van der Waals surface area contributed by atoms with Gasteiger partial charge in [0.1, 0.15) is 0 Å². The third kappa shape index (κ3) is 6.30. The number of nitrogens with zero attached hydrogens (tertiary/aromatic N) is 3. The van der Waals surface area contributed by atoms with Crippen molar-refractivity contribution in [3.63, 3.8) is 0 Å². The fourth-order valence-corrected chi connectivity index (χ4v) is 4.12. The molecular formula is C20H24F3N3O4S. The number of halogens is 3. The number of ether oxygens (including phenoxy) is 1. The van der Waals surface area contributed by atoms with E-state index in [9.17, 15) is 18.0 Å². The first-order valence-corrected chi connectivity index (χ1v) is 10.7. The Balaban J connectivity index is 0.000000339. The number of carbonyl (C=O) groups excluding carboxylic acids is 1. The Morgan fingerprint density at radius 2 is 2.03 bits per heavy atom. The summed E-state index contributed by atoms with van der Waals surface area (Å²) in [6.07, 6.45) is 0.762. The van der Waals surface area contributed by atoms with Gasteiger partial charge in [-0.2, -0.15) is 18.3 Å². The third-order valence-corrected chi connectivity index (χ3v) is 6.05. The van der Waals surface area contributed by atoms with Gasteiger partial charge < -0.3 is 14.7 Å². The van der Waals surface area contributed by atoms with Gasteiger partial charge in [0.2, 0.25) is 5.91 Å². The van der Waals surface area contributed by atoms with Crippen molar-refractivity contribution in [3.05, 3.63) is 39.8 Å². The van der Waals surface area contributed by atoms with Crippen LogP contribution in [0.15, 0.2) is 23.7 Å². The molecule has 0 spiro atoms. The zero-order valence-corrected chi connectivity index (χ0v) is 17.8. The molecule has 0 radical (unpaired) electrons. The number of carboxylic acid groups (broad SMARTS) is 1. The van der Waals surface area contributed by atoms with Crippen molar-refractivity contribution in [3.8, 4) is 0 Å². The third-order valence-electron chi connectivity index (χ3n) is 5.17. The average Bonchev–Trinajstić information content (AvgIpc) is 3.23. The lowest BCUT2D eigenvalue weighted by Crippen LogP contribution is -2.43. The topological polar surface area (TPSA) is 84.7 Å². The molecule has 11 heteroatoms. The van der Waals surface area contributed by atoms with E-state index < -0.39 is 12.1 Å². The van der Waals surface area contributed by atoms with Crippen molar-refractivity contribution < 1.29 is 32.6 Å². The van der Waals surface area contributed by atoms with Gasteiger partial charge in [-0.1, -0.05) is 6.07 Å². The second-order valence-electron chi connectivity index (χ2n) is 7.57. The molecular weight excluding hydrogens is 435 g/mol. The maximum atomic E-state index is 12.9. The van der Waals surface area contributed by atoms with Gasteiger partial charge in [-0.3, -0.25) is 9.48 Å². The van der Waals surface area contributed by atoms with E-state index in [0.29, 0.717) is 13.0 Å². The first kappa shape index (κ1) is 23.3. The van der Waals surface area contributed by atoms with E-state index in [-0.39, 0.29) is 11.9 Å². The maximum absolute atomic E-state index is 12.9. The molecule has 1 saturated carbocycles. The van der Waals surface area contributed by atoms with Crippen LogP contribution in [0.25, 0.3) is 0 Å². The number of aliphatic carboxylic acids is 1. The maximum Gasteiger partial charge on any atom is 0.490 e. The Morgan fingerprint density at radius 3 is 2.61 bits per heavy atom. The smallest absolute Gasteiger partial charge is 0.475 e. The SMILES string of the molecule is Cn1ncc2c1C(COCC1CC1)N(C(=O)Cc1cccs1)CC2.O=C(O)C(F)(F)F. The standard InChI is InChI=1S/C18H23N3O2S.C2HF3O2/c1-20-18-14(10-19-20)6-7-21(16(18)12-23-11-13-4-5-13)17(22)9-15-3-2-8-24-15;3-2(4,5)1(6)7/h2-3,8,10,13,16H,4-7,9,11-12H2,1H3;(H,6,7). The van der Waals surface area contributed by atoms with E-state index >= 15 is 0 Å². The molecule has 1 N–H and O–H groups in total. The van der Waals surface area contributed by atoms with Gasteiger partial charge in [0.25, 0.3) is 0 Å². The van der Waals surface area contributed by atoms with E-state index in [1.165, 1.54) is 18.4 Å². The number of amides is 1. The number of carboxylic acids is 1. The summed E-state index contributed by atoms with van der Waals surface area (Å²) in [6, 6.07) is 4.01. The Kier molecular flexibility index (Phi) is 7.37. The summed E-state index contributed by atoms with van der Waals surface area (Å²) in [7, 11) is 1.96. The molecule has 1 unspecified atom stereocenters. The molecule has 2 aromatic rings. The molecule has 1 fully saturated rings. The summed E-state index contributed by atoms with van der Waals surface area (Å²) in [5, 5.41) is 13.5. The lowest BCUT2D eigenvalue weighted by atomic mass is 9.99. The molecule has 1 aliphatic heterocycles. The van der Waals surface area contributed by atoms with Crippen LogP contribution in [0.2, 0.25) is 0 Å². The van der Waals surface area contributed by atoms with Crippen molar-refractivity contribution in [2.24, 2.45) is 13.0 Å². The van der Waals surface area contributed by atoms with E-state index in [4.69, 9.17) is 14.6 Å². The molecule has 2 aliphatic rings. The molecule has 31 heavy (non-hydrogen) atoms. The van der Waals surface area contributed by atoms with Crippen LogP contribution >= 0.6 is 11.3 Å². The van der Waals surface area contributed by atoms with Crippen LogP contribution in [0.4, 0.5) is 13.2 Å². The van der Waals surface area contributed by atoms with Crippen molar-refractivity contribution in [2.45, 2.75) is 37.9 Å². The molecule has 1 atom stereocenters. The number of rotatable bonds is 6. The Bertz CT molecular complexity index is 894. The van der Waals surface area contributed by atoms with Gasteiger partial charge >= 0.3 is 12.1 Å². The summed E-state index contributed by atoms with van der Waals surface area (Å²) < 4.78 is 39.6. The number of hydrogen-bond acceptors (Lipinski definition) is 5. The van der Waals surface area contributed by atoms with Crippen LogP contribution in [0, 0.1) is 5.92 Å². The van der Waals surface area contributed by atoms with Gasteiger partial charge in [0.05, 0.1) is 31.0 Å². The molecule has 4 rings (SSSR count). The number of carbonyl (C=O) groups is 2. The number of hydrogen-bond donors (Lipinski definition) is 1. The van der Waals surface area contributed by atoms with Gasteiger partial charge in [0, 0.05) is 25.1 Å². The molecule has 2 aromatic heterocycles. The molecule has 170 valence electrons. The van der Waals surface area contributed by atoms with Crippen LogP contribution in [0.3, 0.4) is 0 Å². The highest BCUT2D eigenvalue weighted by Crippen LogP contribution is 2.33. The normalized spacial score (nSPS) is 18.2. The van der Waals surface area contributed by atoms with E-state index in [1.807, 2.05) is 40.3 Å². The molecule has 3 heterocycles. The van der Waals surface area contributed by atoms with Crippen LogP contribution in [0.5, 0.6) is 0 Å². The van der Waals surface area contributed by atoms with Gasteiger partial charge in [-0.25, -0.2) is 4.79 Å². The van der Waals surface area contributed by atoms with Crippen molar-refractivity contribution >= 4 is 23.2 Å². The molecule has 7 nitrogen and oxygen atoms in total. The first-order valence-electron chi connectivity index (χ1n) is 9.87. The van der Waals surface area contributed by atoms with Gasteiger partial charge in [0.15, 0.2) is 0 Å². The summed E-state index contributed by atoms with van der Waals surface area (Å²) in [6.45, 7) is 2.14. The summed E-state index contributed by atoms with van der Waals surface area (Å²) in [5.41, 5.74) is 2.38. The van der Waals surface area contributed by atoms with E-state index in [1.54, 1.807) is 11.3 Å². The zero-order chi connectivity index (χ0) is 22.6. The highest BCUT2D eigenvalue weighted by atomic mass is 32.1. The number of alkyl halides is 3. The lowest BCUT2D eigenvalue weighted by molar-refractivity contribution is -0.192. The van der Waals surface area contributed by atoms with E-state index in [2.05, 4.69) is 5.10 Å². The van der Waals surface area contributed by atoms with Crippen LogP contribution in [-0.4, -0.2) is 57.6 Å². The summed E-state index contributed by atoms with van der Waals surface area (Å²) in [5.74, 6) is -1.84. The van der Waals surface area contributed by atoms with Crippen LogP contribution < -0.4 is 0 Å². The second-order valence-corrected chi connectivity index (χ2v) is 8.60. The number of aromatic nitrogens is 2. The Labute approximate surface area is 181 Å². The largest absolute Gasteiger partial charge is 0.490 e. The van der Waals surface area contributed by atoms with Crippen molar-refractivity contribution in [1.82, 2.24) is 14.7 Å². The fourth-order valence-electron chi connectivity index (χ4n) is 3.42. The Hall–Kier alpha value is -2.40. The minimum absolute atomic E-state index is 0.0209. The lowest BCUT2D eigenvalue weighted by Gasteiger charge is -2.36. The quantitative estimate of drug-likeness (QED) is 0.717. The summed E-state index contributed by atoms with van der Waals surface area (Å²) >= 11 is 1.64. The van der Waals surface area contributed by atoms with Gasteiger partial charge in [-0.15, -0.1) is 11.3 Å². The number of thiophene rings is 1. The Morgan fingerprint density at radius 1 is 1.32 bits per heavy atom. The number of fused-ring (bicyclic) bond motifs is 1. The molecule has 0 bridgehead atoms. The minimum atomic E-state index is -5.08. The second kappa shape index (κ2) is 9.82. The molecule has 1 amide bonds. The highest BCUT2D eigenvalue weighted by Gasteiger charge is 2.38. The number of aryl methyl sites for hydroxylation is 1. The summed E-state index contributed by atoms with van der Waals surface area (Å²) in [4.78, 5) is 24.9. The van der Waals surface area contributed by atoms with Crippen molar-refractivity contribution in [1.29, 1.82) is 0 Å². The van der Waals surface area contributed by atoms with Crippen LogP contribution in [-0.2, 0) is 34.2 Å². The molecule has 0 saturated heterocycles. The minimum Gasteiger partial charge on any atom is -0.475 e. The average molecular weight is 459 g/mol. The van der Waals surface area contributed by atoms with E-state index in [0.717, 1.165) is 36.1 Å².